The average molecular weight is 358 g/mol. The summed E-state index contributed by atoms with van der Waals surface area (Å²) >= 11 is 3.02. The van der Waals surface area contributed by atoms with Crippen molar-refractivity contribution < 1.29 is 0 Å². The minimum absolute atomic E-state index is 0. The lowest BCUT2D eigenvalue weighted by molar-refractivity contribution is 0.729. The van der Waals surface area contributed by atoms with E-state index < -0.39 is 0 Å². The monoisotopic (exact) mass is 357 g/mol. The fourth-order valence-corrected chi connectivity index (χ4v) is 3.16. The van der Waals surface area contributed by atoms with E-state index in [0.717, 1.165) is 29.6 Å². The zero-order valence-electron chi connectivity index (χ0n) is 11.7. The van der Waals surface area contributed by atoms with E-state index in [4.69, 9.17) is 5.73 Å². The molecule has 0 saturated carbocycles. The van der Waals surface area contributed by atoms with Crippen molar-refractivity contribution in [3.05, 3.63) is 35.3 Å². The maximum Gasteiger partial charge on any atom is 0.248 e. The van der Waals surface area contributed by atoms with Gasteiger partial charge in [-0.25, -0.2) is 9.97 Å². The molecule has 0 aliphatic rings. The molecule has 0 aromatic carbocycles. The molecule has 0 unspecified atom stereocenters. The van der Waals surface area contributed by atoms with Crippen LogP contribution in [0.15, 0.2) is 30.3 Å². The third-order valence-electron chi connectivity index (χ3n) is 2.85. The molecule has 0 aliphatic heterocycles. The molecule has 0 amide bonds. The lowest BCUT2D eigenvalue weighted by atomic mass is 10.4. The molecule has 0 spiro atoms. The summed E-state index contributed by atoms with van der Waals surface area (Å²) in [5, 5.41) is 3.92. The summed E-state index contributed by atoms with van der Waals surface area (Å²) in [5.74, 6) is 0.643. The van der Waals surface area contributed by atoms with E-state index in [1.165, 1.54) is 11.5 Å². The Bertz CT molecular complexity index is 653. The first kappa shape index (κ1) is 16.8. The van der Waals surface area contributed by atoms with Crippen LogP contribution in [-0.4, -0.2) is 37.0 Å². The summed E-state index contributed by atoms with van der Waals surface area (Å²) in [5.41, 5.74) is 5.63. The molecule has 0 atom stereocenters. The lowest BCUT2D eigenvalue weighted by Crippen LogP contribution is -2.25. The van der Waals surface area contributed by atoms with Gasteiger partial charge in [0, 0.05) is 42.0 Å². The Morgan fingerprint density at radius 1 is 1.32 bits per heavy atom. The highest BCUT2D eigenvalue weighted by Crippen LogP contribution is 2.22. The largest absolute Gasteiger partial charge is 0.340 e. The van der Waals surface area contributed by atoms with Crippen LogP contribution in [0.3, 0.4) is 0 Å². The fourth-order valence-electron chi connectivity index (χ4n) is 1.84. The number of hydrogen-bond acceptors (Lipinski definition) is 8. The molecule has 3 aromatic heterocycles. The number of hydrogen-bond donors (Lipinski definition) is 1. The van der Waals surface area contributed by atoms with Crippen LogP contribution in [0.1, 0.15) is 11.4 Å². The molecule has 3 rings (SSSR count). The minimum atomic E-state index is 0. The Labute approximate surface area is 142 Å². The quantitative estimate of drug-likeness (QED) is 0.695. The average Bonchev–Trinajstić information content (AvgIpc) is 3.24. The van der Waals surface area contributed by atoms with Crippen LogP contribution in [0.5, 0.6) is 0 Å². The molecule has 22 heavy (non-hydrogen) atoms. The minimum Gasteiger partial charge on any atom is -0.340 e. The van der Waals surface area contributed by atoms with Crippen molar-refractivity contribution in [3.8, 4) is 5.95 Å². The number of nitrogens with zero attached hydrogens (tertiary/aromatic N) is 6. The second-order valence-electron chi connectivity index (χ2n) is 4.34. The van der Waals surface area contributed by atoms with Crippen molar-refractivity contribution in [1.82, 2.24) is 23.9 Å². The van der Waals surface area contributed by atoms with Crippen molar-refractivity contribution in [2.24, 2.45) is 5.73 Å². The fraction of sp³-hybridized carbons (Fsp3) is 0.333. The number of nitrogens with two attached hydrogens (primary N) is 1. The van der Waals surface area contributed by atoms with Gasteiger partial charge in [0.1, 0.15) is 11.3 Å². The highest BCUT2D eigenvalue weighted by Gasteiger charge is 2.14. The van der Waals surface area contributed by atoms with Gasteiger partial charge in [-0.1, -0.05) is 0 Å². The number of aromatic nitrogens is 5. The van der Waals surface area contributed by atoms with Crippen LogP contribution < -0.4 is 10.6 Å². The number of thiazole rings is 1. The maximum absolute atomic E-state index is 5.63. The van der Waals surface area contributed by atoms with E-state index in [0.29, 0.717) is 12.5 Å². The standard InChI is InChI=1S/C12H15N7S2.ClH/c13-2-1-5-18(8-10-15-4-7-20-10)12-16-11(17-21-12)19-6-3-14-9-19;/h3-4,6-7,9H,1-2,5,8,13H2;1H. The zero-order chi connectivity index (χ0) is 14.5. The Kier molecular flexibility index (Phi) is 6.25. The van der Waals surface area contributed by atoms with Crippen LogP contribution >= 0.6 is 35.3 Å². The third kappa shape index (κ3) is 4.01. The van der Waals surface area contributed by atoms with E-state index >= 15 is 0 Å². The Hall–Kier alpha value is -1.55. The molecule has 7 nitrogen and oxygen atoms in total. The topological polar surface area (TPSA) is 85.8 Å². The lowest BCUT2D eigenvalue weighted by Gasteiger charge is -2.19. The summed E-state index contributed by atoms with van der Waals surface area (Å²) in [6, 6.07) is 0. The Morgan fingerprint density at radius 3 is 2.91 bits per heavy atom. The highest BCUT2D eigenvalue weighted by molar-refractivity contribution is 7.10. The van der Waals surface area contributed by atoms with Crippen molar-refractivity contribution in [2.45, 2.75) is 13.0 Å². The molecular weight excluding hydrogens is 342 g/mol. The van der Waals surface area contributed by atoms with Crippen LogP contribution in [0.2, 0.25) is 0 Å². The molecule has 0 saturated heterocycles. The van der Waals surface area contributed by atoms with Crippen LogP contribution in [-0.2, 0) is 6.54 Å². The molecule has 0 aliphatic carbocycles. The third-order valence-corrected chi connectivity index (χ3v) is 4.38. The van der Waals surface area contributed by atoms with Crippen molar-refractivity contribution in [3.63, 3.8) is 0 Å². The van der Waals surface area contributed by atoms with Gasteiger partial charge in [-0.2, -0.15) is 9.36 Å². The van der Waals surface area contributed by atoms with Crippen LogP contribution in [0, 0.1) is 0 Å². The van der Waals surface area contributed by atoms with Crippen molar-refractivity contribution in [1.29, 1.82) is 0 Å². The van der Waals surface area contributed by atoms with E-state index in [9.17, 15) is 0 Å². The van der Waals surface area contributed by atoms with Crippen LogP contribution in [0.25, 0.3) is 5.95 Å². The second-order valence-corrected chi connectivity index (χ2v) is 6.05. The summed E-state index contributed by atoms with van der Waals surface area (Å²) in [7, 11) is 0. The Balaban J connectivity index is 0.00000176. The van der Waals surface area contributed by atoms with Gasteiger partial charge in [0.2, 0.25) is 11.1 Å². The van der Waals surface area contributed by atoms with Gasteiger partial charge in [0.25, 0.3) is 0 Å². The highest BCUT2D eigenvalue weighted by atomic mass is 35.5. The first-order valence-corrected chi connectivity index (χ1v) is 8.17. The predicted octanol–water partition coefficient (Wildman–Crippen LogP) is 1.96. The Morgan fingerprint density at radius 2 is 2.23 bits per heavy atom. The van der Waals surface area contributed by atoms with Crippen molar-refractivity contribution >= 4 is 40.4 Å². The van der Waals surface area contributed by atoms with Gasteiger partial charge in [-0.05, 0) is 13.0 Å². The van der Waals surface area contributed by atoms with Gasteiger partial charge >= 0.3 is 0 Å². The summed E-state index contributed by atoms with van der Waals surface area (Å²) in [6.45, 7) is 2.23. The molecule has 0 radical (unpaired) electrons. The number of imidazole rings is 1. The van der Waals surface area contributed by atoms with Gasteiger partial charge in [-0.3, -0.25) is 4.57 Å². The van der Waals surface area contributed by atoms with E-state index in [2.05, 4.69) is 24.2 Å². The zero-order valence-corrected chi connectivity index (χ0v) is 14.2. The second kappa shape index (κ2) is 8.18. The van der Waals surface area contributed by atoms with E-state index in [1.807, 2.05) is 17.8 Å². The molecule has 0 bridgehead atoms. The molecule has 10 heteroatoms. The summed E-state index contributed by atoms with van der Waals surface area (Å²) in [4.78, 5) is 15.1. The van der Waals surface area contributed by atoms with E-state index in [-0.39, 0.29) is 12.4 Å². The number of anilines is 1. The molecule has 3 heterocycles. The first-order chi connectivity index (χ1) is 10.4. The molecule has 3 aromatic rings. The molecule has 2 N–H and O–H groups in total. The number of rotatable bonds is 7. The van der Waals surface area contributed by atoms with Gasteiger partial charge < -0.3 is 10.6 Å². The van der Waals surface area contributed by atoms with E-state index in [1.54, 1.807) is 28.4 Å². The SMILES string of the molecule is Cl.NCCCN(Cc1nccs1)c1nc(-n2ccnc2)ns1. The first-order valence-electron chi connectivity index (χ1n) is 6.52. The number of halogens is 1. The summed E-state index contributed by atoms with van der Waals surface area (Å²) in [6.07, 6.45) is 7.96. The van der Waals surface area contributed by atoms with Crippen LogP contribution in [0.4, 0.5) is 5.13 Å². The summed E-state index contributed by atoms with van der Waals surface area (Å²) < 4.78 is 6.18. The van der Waals surface area contributed by atoms with Gasteiger partial charge in [0.05, 0.1) is 6.54 Å². The maximum atomic E-state index is 5.63. The predicted molar refractivity (Wildman–Crippen MR) is 91.1 cm³/mol. The van der Waals surface area contributed by atoms with Gasteiger partial charge in [-0.15, -0.1) is 23.7 Å². The smallest absolute Gasteiger partial charge is 0.248 e. The van der Waals surface area contributed by atoms with Gasteiger partial charge in [0.15, 0.2) is 0 Å². The normalized spacial score (nSPS) is 10.4. The molecule has 118 valence electrons. The molecular formula is C12H16ClN7S2. The molecule has 0 fully saturated rings. The van der Waals surface area contributed by atoms with Crippen molar-refractivity contribution in [2.75, 3.05) is 18.0 Å².